The van der Waals surface area contributed by atoms with E-state index < -0.39 is 0 Å². The van der Waals surface area contributed by atoms with E-state index in [0.29, 0.717) is 0 Å². The van der Waals surface area contributed by atoms with Gasteiger partial charge in [0.05, 0.1) is 0 Å². The van der Waals surface area contributed by atoms with Crippen LogP contribution < -0.4 is 24.8 Å². The molecule has 0 aromatic rings. The molecule has 0 heterocycles. The van der Waals surface area contributed by atoms with Gasteiger partial charge in [-0.05, 0) is 0 Å². The van der Waals surface area contributed by atoms with Gasteiger partial charge in [0.25, 0.3) is 0 Å². The smallest absolute Gasteiger partial charge is 1.00 e. The van der Waals surface area contributed by atoms with Crippen LogP contribution in [0, 0.1) is 12.2 Å². The predicted octanol–water partition coefficient (Wildman–Crippen LogP) is -0.256. The second-order valence-electron chi connectivity index (χ2n) is 5.20. The molecule has 2 rings (SSSR count). The summed E-state index contributed by atoms with van der Waals surface area (Å²) in [6.07, 6.45) is 15.4. The number of hydrogen-bond donors (Lipinski definition) is 0. The van der Waals surface area contributed by atoms with Crippen molar-refractivity contribution in [1.82, 2.24) is 0 Å². The Bertz CT molecular complexity index is 406. The molecule has 124 valence electrons. The Morgan fingerprint density at radius 2 is 1.18 bits per heavy atom. The molecule has 0 radical (unpaired) electrons. The van der Waals surface area contributed by atoms with Crippen molar-refractivity contribution in [3.05, 3.63) is 46.6 Å². The molecule has 0 atom stereocenters. The zero-order valence-corrected chi connectivity index (χ0v) is 19.7. The normalized spacial score (nSPS) is 14.5. The Labute approximate surface area is 165 Å². The second-order valence-corrected chi connectivity index (χ2v) is 14.6. The topological polar surface area (TPSA) is 0 Å². The molecule has 0 unspecified atom stereocenters. The fraction of sp³-hybridized carbons (Fsp3) is 0.556. The van der Waals surface area contributed by atoms with Crippen LogP contribution in [0.5, 0.6) is 0 Å². The first-order valence-corrected chi connectivity index (χ1v) is 13.7. The molecule has 0 aromatic heterocycles. The van der Waals surface area contributed by atoms with Crippen LogP contribution in [0.15, 0.2) is 34.4 Å². The van der Waals surface area contributed by atoms with Crippen LogP contribution in [0.2, 0.25) is 13.1 Å². The van der Waals surface area contributed by atoms with E-state index in [1.54, 1.807) is 23.3 Å². The molecule has 0 bridgehead atoms. The van der Waals surface area contributed by atoms with Crippen molar-refractivity contribution >= 4 is 5.43 Å². The van der Waals surface area contributed by atoms with E-state index >= 15 is 0 Å². The molecule has 2 aliphatic carbocycles. The standard InChI is InChI=1S/2C8H11.C2H6Si.2ClH.Zr/c2*1-3-8-6-4-5-7(8)2;1-3-2;;;/h2*5H,3-4H2,1-2H3;1-2H3;2*1H;/q2*-1;;;;+2/p-2. The maximum atomic E-state index is 3.28. The monoisotopic (exact) mass is 432 g/mol. The van der Waals surface area contributed by atoms with Gasteiger partial charge in [-0.3, -0.25) is 12.2 Å². The minimum Gasteiger partial charge on any atom is -1.00 e. The van der Waals surface area contributed by atoms with E-state index in [4.69, 9.17) is 0 Å². The molecule has 0 saturated carbocycles. The minimum atomic E-state index is 0. The predicted molar refractivity (Wildman–Crippen MR) is 88.3 cm³/mol. The second kappa shape index (κ2) is 16.5. The van der Waals surface area contributed by atoms with Crippen LogP contribution in [0.1, 0.15) is 53.4 Å². The summed E-state index contributed by atoms with van der Waals surface area (Å²) in [5.41, 5.74) is 5.87. The van der Waals surface area contributed by atoms with E-state index in [0.717, 1.165) is 25.7 Å². The van der Waals surface area contributed by atoms with Gasteiger partial charge in [0.15, 0.2) is 0 Å². The average molecular weight is 435 g/mol. The first-order chi connectivity index (χ1) is 9.42. The summed E-state index contributed by atoms with van der Waals surface area (Å²) < 4.78 is 0. The van der Waals surface area contributed by atoms with Gasteiger partial charge in [-0.1, -0.05) is 26.7 Å². The Morgan fingerprint density at radius 3 is 1.27 bits per heavy atom. The molecule has 0 spiro atoms. The molecular formula is C18H28Cl2SiZr-2. The summed E-state index contributed by atoms with van der Waals surface area (Å²) in [5.74, 6) is 0. The van der Waals surface area contributed by atoms with Gasteiger partial charge in [0, 0.05) is 0 Å². The van der Waals surface area contributed by atoms with Crippen molar-refractivity contribution in [3.8, 4) is 0 Å². The van der Waals surface area contributed by atoms with Crippen LogP contribution >= 0.6 is 0 Å². The Balaban J connectivity index is -0.000000249. The molecule has 0 saturated heterocycles. The molecule has 2 aliphatic rings. The number of hydrogen-bond acceptors (Lipinski definition) is 0. The molecule has 22 heavy (non-hydrogen) atoms. The number of halogens is 2. The molecule has 0 N–H and O–H groups in total. The van der Waals surface area contributed by atoms with Crippen molar-refractivity contribution in [2.45, 2.75) is 66.5 Å². The summed E-state index contributed by atoms with van der Waals surface area (Å²) in [6, 6.07) is 0. The Hall–Kier alpha value is 0.640. The van der Waals surface area contributed by atoms with E-state index in [2.05, 4.69) is 65.1 Å². The maximum Gasteiger partial charge on any atom is -1.00 e. The van der Waals surface area contributed by atoms with Crippen molar-refractivity contribution in [2.24, 2.45) is 0 Å². The quantitative estimate of drug-likeness (QED) is 0.415. The van der Waals surface area contributed by atoms with Gasteiger partial charge < -0.3 is 24.8 Å². The van der Waals surface area contributed by atoms with Gasteiger partial charge in [-0.25, -0.2) is 22.3 Å². The molecule has 0 nitrogen and oxygen atoms in total. The Kier molecular flexibility index (Phi) is 20.6. The van der Waals surface area contributed by atoms with Crippen molar-refractivity contribution in [2.75, 3.05) is 0 Å². The van der Waals surface area contributed by atoms with Crippen LogP contribution in [-0.2, 0) is 23.3 Å². The van der Waals surface area contributed by atoms with Crippen LogP contribution in [0.25, 0.3) is 0 Å². The first kappa shape index (κ1) is 27.5. The molecular weight excluding hydrogens is 406 g/mol. The molecule has 0 aliphatic heterocycles. The van der Waals surface area contributed by atoms with Gasteiger partial charge in [0.1, 0.15) is 0 Å². The van der Waals surface area contributed by atoms with Crippen molar-refractivity contribution < 1.29 is 48.1 Å². The van der Waals surface area contributed by atoms with E-state index in [1.807, 2.05) is 0 Å². The van der Waals surface area contributed by atoms with Crippen molar-refractivity contribution in [1.29, 1.82) is 0 Å². The minimum absolute atomic E-state index is 0. The molecule has 0 fully saturated rings. The van der Waals surface area contributed by atoms with E-state index in [1.165, 1.54) is 22.3 Å². The largest absolute Gasteiger partial charge is 1.00 e. The third-order valence-electron chi connectivity index (χ3n) is 3.11. The SMILES string of the molecule is CCC1=[C-]CC=C1C.CCC1=[C-]CC=C1C.C[Si](C)=[Zr+2].[Cl-].[Cl-]. The van der Waals surface area contributed by atoms with Gasteiger partial charge in [0.2, 0.25) is 0 Å². The molecule has 0 aromatic carbocycles. The summed E-state index contributed by atoms with van der Waals surface area (Å²) in [4.78, 5) is 0. The van der Waals surface area contributed by atoms with Crippen LogP contribution in [-0.4, -0.2) is 5.43 Å². The fourth-order valence-electron chi connectivity index (χ4n) is 1.99. The van der Waals surface area contributed by atoms with E-state index in [-0.39, 0.29) is 30.2 Å². The van der Waals surface area contributed by atoms with E-state index in [9.17, 15) is 0 Å². The maximum absolute atomic E-state index is 3.28. The average Bonchev–Trinajstić information content (AvgIpc) is 2.97. The van der Waals surface area contributed by atoms with Gasteiger partial charge >= 0.3 is 41.9 Å². The third kappa shape index (κ3) is 13.1. The van der Waals surface area contributed by atoms with Gasteiger partial charge in [-0.2, -0.15) is 12.2 Å². The summed E-state index contributed by atoms with van der Waals surface area (Å²) >= 11 is 1.74. The number of rotatable bonds is 2. The third-order valence-corrected chi connectivity index (χ3v) is 3.11. The zero-order valence-electron chi connectivity index (χ0n) is 14.7. The van der Waals surface area contributed by atoms with Crippen LogP contribution in [0.3, 0.4) is 0 Å². The summed E-state index contributed by atoms with van der Waals surface area (Å²) in [7, 11) is 0. The fourth-order valence-corrected chi connectivity index (χ4v) is 1.99. The number of allylic oxidation sites excluding steroid dienone is 8. The molecule has 0 amide bonds. The first-order valence-electron chi connectivity index (χ1n) is 7.47. The summed E-state index contributed by atoms with van der Waals surface area (Å²) in [6.45, 7) is 13.3. The van der Waals surface area contributed by atoms with Crippen molar-refractivity contribution in [3.63, 3.8) is 0 Å². The zero-order chi connectivity index (χ0) is 15.5. The van der Waals surface area contributed by atoms with Crippen LogP contribution in [0.4, 0.5) is 0 Å². The van der Waals surface area contributed by atoms with Gasteiger partial charge in [-0.15, -0.1) is 26.7 Å². The summed E-state index contributed by atoms with van der Waals surface area (Å²) in [5, 5.41) is 0. The molecule has 4 heteroatoms. The Morgan fingerprint density at radius 1 is 0.909 bits per heavy atom.